The second-order valence-electron chi connectivity index (χ2n) is 5.34. The van der Waals surface area contributed by atoms with E-state index < -0.39 is 0 Å². The minimum atomic E-state index is -0.109. The molecule has 1 atom stereocenters. The summed E-state index contributed by atoms with van der Waals surface area (Å²) in [6.45, 7) is 1.76. The third kappa shape index (κ3) is 4.32. The zero-order valence-electron chi connectivity index (χ0n) is 11.9. The Balaban J connectivity index is 1.69. The molecular formula is C16H24N2O2. The van der Waals surface area contributed by atoms with Crippen molar-refractivity contribution in [2.45, 2.75) is 44.7 Å². The normalized spacial score (nSPS) is 17.6. The lowest BCUT2D eigenvalue weighted by Gasteiger charge is -2.25. The Labute approximate surface area is 120 Å². The summed E-state index contributed by atoms with van der Waals surface area (Å²) in [5.74, 6) is 0.0988. The van der Waals surface area contributed by atoms with Crippen molar-refractivity contribution >= 4 is 5.91 Å². The summed E-state index contributed by atoms with van der Waals surface area (Å²) in [4.78, 5) is 12.1. The smallest absolute Gasteiger partial charge is 0.237 e. The van der Waals surface area contributed by atoms with Crippen molar-refractivity contribution in [3.8, 4) is 0 Å². The summed E-state index contributed by atoms with van der Waals surface area (Å²) in [5, 5.41) is 15.0. The second kappa shape index (κ2) is 8.02. The van der Waals surface area contributed by atoms with Crippen LogP contribution in [0.4, 0.5) is 0 Å². The first kappa shape index (κ1) is 15.0. The molecule has 0 saturated heterocycles. The van der Waals surface area contributed by atoms with E-state index in [4.69, 9.17) is 5.11 Å². The van der Waals surface area contributed by atoms with E-state index in [2.05, 4.69) is 22.8 Å². The van der Waals surface area contributed by atoms with E-state index in [0.29, 0.717) is 0 Å². The van der Waals surface area contributed by atoms with E-state index in [-0.39, 0.29) is 18.6 Å². The van der Waals surface area contributed by atoms with Crippen molar-refractivity contribution in [3.63, 3.8) is 0 Å². The van der Waals surface area contributed by atoms with Gasteiger partial charge in [-0.25, -0.2) is 0 Å². The Bertz CT molecular complexity index is 434. The van der Waals surface area contributed by atoms with Crippen LogP contribution in [0.3, 0.4) is 0 Å². The van der Waals surface area contributed by atoms with Gasteiger partial charge in [0, 0.05) is 19.7 Å². The first-order valence-corrected chi connectivity index (χ1v) is 7.50. The third-order valence-electron chi connectivity index (χ3n) is 3.78. The van der Waals surface area contributed by atoms with Gasteiger partial charge in [0.25, 0.3) is 0 Å². The first-order valence-electron chi connectivity index (χ1n) is 7.50. The van der Waals surface area contributed by atoms with Gasteiger partial charge < -0.3 is 15.7 Å². The molecule has 1 aromatic rings. The molecule has 1 aliphatic heterocycles. The van der Waals surface area contributed by atoms with Crippen molar-refractivity contribution in [1.82, 2.24) is 10.6 Å². The summed E-state index contributed by atoms with van der Waals surface area (Å²) in [6.07, 6.45) is 4.69. The minimum absolute atomic E-state index is 0.0988. The fourth-order valence-corrected chi connectivity index (χ4v) is 2.56. The molecule has 1 aromatic carbocycles. The SMILES string of the molecule is O=C(NCCCCCCO)[C@H]1Cc2ccccc2CN1. The standard InChI is InChI=1S/C16H24N2O2/c19-10-6-2-1-5-9-17-16(20)15-11-13-7-3-4-8-14(13)12-18-15/h3-4,7-8,15,18-19H,1-2,5-6,9-12H2,(H,17,20)/t15-/m1/s1. The van der Waals surface area contributed by atoms with E-state index in [1.807, 2.05) is 12.1 Å². The summed E-state index contributed by atoms with van der Waals surface area (Å²) in [6, 6.07) is 8.17. The Morgan fingerprint density at radius 2 is 1.95 bits per heavy atom. The number of hydrogen-bond donors (Lipinski definition) is 3. The van der Waals surface area contributed by atoms with Crippen molar-refractivity contribution in [3.05, 3.63) is 35.4 Å². The van der Waals surface area contributed by atoms with Crippen molar-refractivity contribution in [2.24, 2.45) is 0 Å². The third-order valence-corrected chi connectivity index (χ3v) is 3.78. The van der Waals surface area contributed by atoms with Gasteiger partial charge in [-0.05, 0) is 30.4 Å². The Morgan fingerprint density at radius 1 is 1.20 bits per heavy atom. The molecule has 0 bridgehead atoms. The number of amides is 1. The highest BCUT2D eigenvalue weighted by molar-refractivity contribution is 5.82. The highest BCUT2D eigenvalue weighted by Gasteiger charge is 2.23. The Morgan fingerprint density at radius 3 is 2.75 bits per heavy atom. The summed E-state index contributed by atoms with van der Waals surface area (Å²) in [7, 11) is 0. The molecule has 1 aliphatic rings. The molecule has 2 rings (SSSR count). The first-order chi connectivity index (χ1) is 9.81. The van der Waals surface area contributed by atoms with E-state index in [9.17, 15) is 4.79 Å². The van der Waals surface area contributed by atoms with Crippen LogP contribution in [-0.4, -0.2) is 30.2 Å². The summed E-state index contributed by atoms with van der Waals surface area (Å²) in [5.41, 5.74) is 2.56. The van der Waals surface area contributed by atoms with Gasteiger partial charge in [0.2, 0.25) is 5.91 Å². The second-order valence-corrected chi connectivity index (χ2v) is 5.34. The maximum absolute atomic E-state index is 12.1. The number of carbonyl (C=O) groups is 1. The average Bonchev–Trinajstić information content (AvgIpc) is 2.50. The number of carbonyl (C=O) groups excluding carboxylic acids is 1. The molecule has 1 amide bonds. The van der Waals surface area contributed by atoms with Gasteiger partial charge in [0.15, 0.2) is 0 Å². The van der Waals surface area contributed by atoms with Crippen LogP contribution in [0.1, 0.15) is 36.8 Å². The maximum atomic E-state index is 12.1. The molecule has 0 unspecified atom stereocenters. The van der Waals surface area contributed by atoms with Crippen LogP contribution < -0.4 is 10.6 Å². The van der Waals surface area contributed by atoms with Crippen LogP contribution in [0.2, 0.25) is 0 Å². The molecule has 1 heterocycles. The van der Waals surface area contributed by atoms with Gasteiger partial charge in [-0.3, -0.25) is 4.79 Å². The molecule has 0 radical (unpaired) electrons. The largest absolute Gasteiger partial charge is 0.396 e. The number of aliphatic hydroxyl groups excluding tert-OH is 1. The van der Waals surface area contributed by atoms with Gasteiger partial charge in [-0.15, -0.1) is 0 Å². The van der Waals surface area contributed by atoms with Crippen molar-refractivity contribution in [2.75, 3.05) is 13.2 Å². The van der Waals surface area contributed by atoms with E-state index in [1.165, 1.54) is 11.1 Å². The quantitative estimate of drug-likeness (QED) is 0.659. The lowest BCUT2D eigenvalue weighted by atomic mass is 9.95. The fourth-order valence-electron chi connectivity index (χ4n) is 2.56. The lowest BCUT2D eigenvalue weighted by Crippen LogP contribution is -2.47. The average molecular weight is 276 g/mol. The zero-order valence-corrected chi connectivity index (χ0v) is 11.9. The minimum Gasteiger partial charge on any atom is -0.396 e. The molecular weight excluding hydrogens is 252 g/mol. The molecule has 0 fully saturated rings. The van der Waals surface area contributed by atoms with Gasteiger partial charge in [0.1, 0.15) is 0 Å². The molecule has 0 spiro atoms. The number of aliphatic hydroxyl groups is 1. The maximum Gasteiger partial charge on any atom is 0.237 e. The fraction of sp³-hybridized carbons (Fsp3) is 0.562. The number of fused-ring (bicyclic) bond motifs is 1. The summed E-state index contributed by atoms with van der Waals surface area (Å²) >= 11 is 0. The predicted molar refractivity (Wildman–Crippen MR) is 79.3 cm³/mol. The highest BCUT2D eigenvalue weighted by Crippen LogP contribution is 2.16. The molecule has 20 heavy (non-hydrogen) atoms. The van der Waals surface area contributed by atoms with E-state index in [0.717, 1.165) is 45.2 Å². The van der Waals surface area contributed by atoms with Crippen molar-refractivity contribution in [1.29, 1.82) is 0 Å². The number of hydrogen-bond acceptors (Lipinski definition) is 3. The number of rotatable bonds is 7. The zero-order chi connectivity index (χ0) is 14.2. The predicted octanol–water partition coefficient (Wildman–Crippen LogP) is 1.37. The van der Waals surface area contributed by atoms with E-state index >= 15 is 0 Å². The lowest BCUT2D eigenvalue weighted by molar-refractivity contribution is -0.123. The van der Waals surface area contributed by atoms with Crippen molar-refractivity contribution < 1.29 is 9.90 Å². The molecule has 4 heteroatoms. The monoisotopic (exact) mass is 276 g/mol. The molecule has 4 nitrogen and oxygen atoms in total. The van der Waals surface area contributed by atoms with Gasteiger partial charge in [-0.1, -0.05) is 37.1 Å². The van der Waals surface area contributed by atoms with Gasteiger partial charge in [-0.2, -0.15) is 0 Å². The molecule has 0 aromatic heterocycles. The molecule has 0 aliphatic carbocycles. The highest BCUT2D eigenvalue weighted by atomic mass is 16.2. The number of unbranched alkanes of at least 4 members (excludes halogenated alkanes) is 3. The Kier molecular flexibility index (Phi) is 6.02. The van der Waals surface area contributed by atoms with Crippen LogP contribution in [0.5, 0.6) is 0 Å². The van der Waals surface area contributed by atoms with Crippen LogP contribution in [0, 0.1) is 0 Å². The Hall–Kier alpha value is -1.39. The molecule has 3 N–H and O–H groups in total. The van der Waals surface area contributed by atoms with Crippen LogP contribution in [0.15, 0.2) is 24.3 Å². The summed E-state index contributed by atoms with van der Waals surface area (Å²) < 4.78 is 0. The number of nitrogens with one attached hydrogen (secondary N) is 2. The van der Waals surface area contributed by atoms with Gasteiger partial charge in [0.05, 0.1) is 6.04 Å². The topological polar surface area (TPSA) is 61.4 Å². The van der Waals surface area contributed by atoms with E-state index in [1.54, 1.807) is 0 Å². The van der Waals surface area contributed by atoms with Crippen LogP contribution in [0.25, 0.3) is 0 Å². The van der Waals surface area contributed by atoms with Crippen LogP contribution >= 0.6 is 0 Å². The van der Waals surface area contributed by atoms with Gasteiger partial charge >= 0.3 is 0 Å². The number of benzene rings is 1. The molecule has 0 saturated carbocycles. The molecule has 110 valence electrons. The van der Waals surface area contributed by atoms with Crippen LogP contribution in [-0.2, 0) is 17.8 Å².